The fraction of sp³-hybridized carbons (Fsp3) is 0.286. The molecule has 0 saturated carbocycles. The Hall–Kier alpha value is -4.40. The molecule has 1 atom stereocenters. The van der Waals surface area contributed by atoms with Gasteiger partial charge in [0.05, 0.1) is 18.3 Å². The van der Waals surface area contributed by atoms with Crippen LogP contribution in [0.2, 0.25) is 0 Å². The molecule has 0 saturated heterocycles. The number of hydrogen-bond donors (Lipinski definition) is 4. The van der Waals surface area contributed by atoms with E-state index in [1.54, 1.807) is 24.4 Å². The van der Waals surface area contributed by atoms with Crippen molar-refractivity contribution in [1.29, 1.82) is 0 Å². The summed E-state index contributed by atoms with van der Waals surface area (Å²) in [6, 6.07) is 15.6. The van der Waals surface area contributed by atoms with Gasteiger partial charge in [-0.1, -0.05) is 24.3 Å². The van der Waals surface area contributed by atoms with Gasteiger partial charge >= 0.3 is 5.97 Å². The number of carbonyl (C=O) groups excluding carboxylic acids is 1. The summed E-state index contributed by atoms with van der Waals surface area (Å²) in [7, 11) is 0. The lowest BCUT2D eigenvalue weighted by Gasteiger charge is -2.17. The minimum atomic E-state index is -1.10. The summed E-state index contributed by atoms with van der Waals surface area (Å²) in [5.41, 5.74) is 4.21. The third-order valence-corrected chi connectivity index (χ3v) is 6.47. The van der Waals surface area contributed by atoms with Gasteiger partial charge in [-0.3, -0.25) is 9.89 Å². The second kappa shape index (κ2) is 11.1. The number of H-pyrrole nitrogens is 1. The normalized spacial score (nSPS) is 13.4. The lowest BCUT2D eigenvalue weighted by Crippen LogP contribution is -2.42. The average Bonchev–Trinajstić information content (AvgIpc) is 3.39. The maximum atomic E-state index is 12.7. The van der Waals surface area contributed by atoms with E-state index in [4.69, 9.17) is 9.72 Å². The number of pyridine rings is 1. The van der Waals surface area contributed by atoms with Gasteiger partial charge in [0.25, 0.3) is 5.91 Å². The van der Waals surface area contributed by atoms with E-state index < -0.39 is 17.9 Å². The van der Waals surface area contributed by atoms with Crippen LogP contribution in [0.4, 0.5) is 5.82 Å². The van der Waals surface area contributed by atoms with Crippen LogP contribution in [0.1, 0.15) is 40.0 Å². The first-order valence-corrected chi connectivity index (χ1v) is 12.5. The Kier molecular flexibility index (Phi) is 7.30. The fourth-order valence-electron chi connectivity index (χ4n) is 4.43. The smallest absolute Gasteiger partial charge is 0.326 e. The largest absolute Gasteiger partial charge is 0.494 e. The summed E-state index contributed by atoms with van der Waals surface area (Å²) in [5.74, 6) is 0.179. The first kappa shape index (κ1) is 24.3. The first-order chi connectivity index (χ1) is 18.0. The molecule has 0 spiro atoms. The van der Waals surface area contributed by atoms with Gasteiger partial charge in [0, 0.05) is 29.6 Å². The zero-order valence-electron chi connectivity index (χ0n) is 20.4. The molecule has 1 unspecified atom stereocenters. The van der Waals surface area contributed by atoms with Gasteiger partial charge in [-0.05, 0) is 67.1 Å². The number of carbonyl (C=O) groups is 2. The molecule has 4 N–H and O–H groups in total. The molecular formula is C28H29N5O4. The van der Waals surface area contributed by atoms with E-state index in [0.29, 0.717) is 23.4 Å². The quantitative estimate of drug-likeness (QED) is 0.245. The standard InChI is InChI=1S/C28H29N5O4/c34-27(20-7-8-21-17-30-33-24(21)16-20)32-25(28(35)36)15-18-5-11-23(12-6-18)37-14-2-4-22-10-9-19-3-1-13-29-26(19)31-22/h5-12,16-17,25H,1-4,13-15H2,(H,29,31)(H,30,33)(H,32,34)(H,35,36). The van der Waals surface area contributed by atoms with Crippen molar-refractivity contribution >= 4 is 28.6 Å². The number of carboxylic acid groups (broad SMARTS) is 1. The van der Waals surface area contributed by atoms with Crippen LogP contribution >= 0.6 is 0 Å². The van der Waals surface area contributed by atoms with Crippen LogP contribution in [0, 0.1) is 0 Å². The van der Waals surface area contributed by atoms with Crippen molar-refractivity contribution in [2.45, 2.75) is 38.1 Å². The SMILES string of the molecule is O=C(NC(Cc1ccc(OCCCc2ccc3c(n2)NCCC3)cc1)C(=O)O)c1ccc2cn[nH]c2c1. The molecule has 3 heterocycles. The van der Waals surface area contributed by atoms with Crippen molar-refractivity contribution in [2.24, 2.45) is 0 Å². The highest BCUT2D eigenvalue weighted by molar-refractivity contribution is 5.99. The molecule has 37 heavy (non-hydrogen) atoms. The predicted octanol–water partition coefficient (Wildman–Crippen LogP) is 3.75. The topological polar surface area (TPSA) is 129 Å². The lowest BCUT2D eigenvalue weighted by molar-refractivity contribution is -0.139. The lowest BCUT2D eigenvalue weighted by atomic mass is 10.0. The number of rotatable bonds is 10. The summed E-state index contributed by atoms with van der Waals surface area (Å²) in [6.07, 6.45) is 5.72. The van der Waals surface area contributed by atoms with Crippen LogP contribution in [0.3, 0.4) is 0 Å². The van der Waals surface area contributed by atoms with E-state index in [0.717, 1.165) is 54.7 Å². The van der Waals surface area contributed by atoms with Crippen LogP contribution in [0.5, 0.6) is 5.75 Å². The Morgan fingerprint density at radius 1 is 1.11 bits per heavy atom. The number of anilines is 1. The summed E-state index contributed by atoms with van der Waals surface area (Å²) in [5, 5.41) is 23.3. The number of aromatic amines is 1. The van der Waals surface area contributed by atoms with Gasteiger partial charge in [-0.25, -0.2) is 9.78 Å². The van der Waals surface area contributed by atoms with Gasteiger partial charge < -0.3 is 20.5 Å². The summed E-state index contributed by atoms with van der Waals surface area (Å²) in [6.45, 7) is 1.53. The van der Waals surface area contributed by atoms with Gasteiger partial charge in [0.15, 0.2) is 0 Å². The maximum Gasteiger partial charge on any atom is 0.326 e. The van der Waals surface area contributed by atoms with E-state index in [-0.39, 0.29) is 6.42 Å². The molecule has 2 aromatic heterocycles. The van der Waals surface area contributed by atoms with Gasteiger partial charge in [-0.2, -0.15) is 5.10 Å². The monoisotopic (exact) mass is 499 g/mol. The Labute approximate surface area is 214 Å². The van der Waals surface area contributed by atoms with Crippen molar-refractivity contribution < 1.29 is 19.4 Å². The number of fused-ring (bicyclic) bond motifs is 2. The van der Waals surface area contributed by atoms with Crippen LogP contribution in [0.25, 0.3) is 10.9 Å². The van der Waals surface area contributed by atoms with Crippen LogP contribution in [-0.2, 0) is 24.1 Å². The molecule has 0 fully saturated rings. The molecule has 1 aliphatic heterocycles. The Morgan fingerprint density at radius 2 is 1.97 bits per heavy atom. The van der Waals surface area contributed by atoms with E-state index in [9.17, 15) is 14.7 Å². The number of benzene rings is 2. The number of ether oxygens (including phenoxy) is 1. The zero-order chi connectivity index (χ0) is 25.6. The predicted molar refractivity (Wildman–Crippen MR) is 140 cm³/mol. The molecule has 4 aromatic rings. The Bertz CT molecular complexity index is 1400. The highest BCUT2D eigenvalue weighted by Gasteiger charge is 2.21. The summed E-state index contributed by atoms with van der Waals surface area (Å²) >= 11 is 0. The highest BCUT2D eigenvalue weighted by Crippen LogP contribution is 2.20. The molecule has 1 amide bonds. The Morgan fingerprint density at radius 3 is 2.81 bits per heavy atom. The molecule has 0 radical (unpaired) electrons. The maximum absolute atomic E-state index is 12.7. The molecule has 190 valence electrons. The molecule has 2 aromatic carbocycles. The van der Waals surface area contributed by atoms with E-state index in [1.165, 1.54) is 5.56 Å². The Balaban J connectivity index is 1.11. The number of aromatic nitrogens is 3. The second-order valence-electron chi connectivity index (χ2n) is 9.18. The van der Waals surface area contributed by atoms with Gasteiger partial charge in [-0.15, -0.1) is 0 Å². The minimum absolute atomic E-state index is 0.158. The molecule has 9 heteroatoms. The number of carboxylic acids is 1. The molecule has 1 aliphatic rings. The fourth-order valence-corrected chi connectivity index (χ4v) is 4.43. The molecule has 5 rings (SSSR count). The van der Waals surface area contributed by atoms with E-state index >= 15 is 0 Å². The number of aryl methyl sites for hydroxylation is 2. The third kappa shape index (κ3) is 6.06. The number of amides is 1. The van der Waals surface area contributed by atoms with Crippen molar-refractivity contribution in [1.82, 2.24) is 20.5 Å². The van der Waals surface area contributed by atoms with Gasteiger partial charge in [0.1, 0.15) is 17.6 Å². The zero-order valence-corrected chi connectivity index (χ0v) is 20.4. The number of nitrogens with zero attached hydrogens (tertiary/aromatic N) is 2. The van der Waals surface area contributed by atoms with Crippen molar-refractivity contribution in [3.63, 3.8) is 0 Å². The molecule has 0 aliphatic carbocycles. The highest BCUT2D eigenvalue weighted by atomic mass is 16.5. The van der Waals surface area contributed by atoms with Crippen molar-refractivity contribution in [2.75, 3.05) is 18.5 Å². The number of nitrogens with one attached hydrogen (secondary N) is 3. The van der Waals surface area contributed by atoms with E-state index in [2.05, 4.69) is 33.0 Å². The van der Waals surface area contributed by atoms with Gasteiger partial charge in [0.2, 0.25) is 0 Å². The minimum Gasteiger partial charge on any atom is -0.494 e. The summed E-state index contributed by atoms with van der Waals surface area (Å²) in [4.78, 5) is 29.2. The third-order valence-electron chi connectivity index (χ3n) is 6.47. The first-order valence-electron chi connectivity index (χ1n) is 12.5. The van der Waals surface area contributed by atoms with Crippen LogP contribution in [0.15, 0.2) is 60.8 Å². The van der Waals surface area contributed by atoms with E-state index in [1.807, 2.05) is 24.3 Å². The summed E-state index contributed by atoms with van der Waals surface area (Å²) < 4.78 is 5.86. The van der Waals surface area contributed by atoms with Crippen LogP contribution < -0.4 is 15.4 Å². The molecule has 9 nitrogen and oxygen atoms in total. The number of hydrogen-bond acceptors (Lipinski definition) is 6. The molecule has 0 bridgehead atoms. The van der Waals surface area contributed by atoms with Crippen molar-refractivity contribution in [3.8, 4) is 5.75 Å². The second-order valence-corrected chi connectivity index (χ2v) is 9.18. The van der Waals surface area contributed by atoms with Crippen molar-refractivity contribution in [3.05, 3.63) is 83.2 Å². The molecular weight excluding hydrogens is 470 g/mol. The van der Waals surface area contributed by atoms with Crippen LogP contribution in [-0.4, -0.2) is 51.4 Å². The number of aliphatic carboxylic acids is 1. The average molecular weight is 500 g/mol.